The van der Waals surface area contributed by atoms with E-state index in [0.717, 1.165) is 24.3 Å². The van der Waals surface area contributed by atoms with Crippen LogP contribution in [0.5, 0.6) is 0 Å². The zero-order valence-corrected chi connectivity index (χ0v) is 11.5. The van der Waals surface area contributed by atoms with Crippen molar-refractivity contribution in [2.24, 2.45) is 0 Å². The molecule has 0 atom stereocenters. The smallest absolute Gasteiger partial charge is 0.151 e. The molecule has 6 heteroatoms. The SMILES string of the molecule is CCNCc1cn(CCS(=O)(=O)CC)nc1C. The monoisotopic (exact) mass is 259 g/mol. The number of hydrogen-bond donors (Lipinski definition) is 1. The van der Waals surface area contributed by atoms with Gasteiger partial charge in [0.2, 0.25) is 0 Å². The molecule has 1 aromatic heterocycles. The standard InChI is InChI=1S/C11H21N3O2S/c1-4-12-8-11-9-14(13-10(11)3)6-7-17(15,16)5-2/h9,12H,4-8H2,1-3H3. The van der Waals surface area contributed by atoms with Crippen molar-refractivity contribution in [2.75, 3.05) is 18.1 Å². The Morgan fingerprint density at radius 3 is 2.71 bits per heavy atom. The summed E-state index contributed by atoms with van der Waals surface area (Å²) in [4.78, 5) is 0. The van der Waals surface area contributed by atoms with Gasteiger partial charge in [-0.15, -0.1) is 0 Å². The number of aryl methyl sites for hydroxylation is 2. The van der Waals surface area contributed by atoms with E-state index in [0.29, 0.717) is 6.54 Å². The molecular formula is C11H21N3O2S. The predicted octanol–water partition coefficient (Wildman–Crippen LogP) is 0.736. The maximum atomic E-state index is 11.4. The number of nitrogens with zero attached hydrogens (tertiary/aromatic N) is 2. The molecule has 0 aliphatic heterocycles. The molecule has 0 saturated heterocycles. The minimum atomic E-state index is -2.91. The van der Waals surface area contributed by atoms with Gasteiger partial charge < -0.3 is 5.32 Å². The van der Waals surface area contributed by atoms with Gasteiger partial charge in [0.1, 0.15) is 0 Å². The third-order valence-electron chi connectivity index (χ3n) is 2.68. The van der Waals surface area contributed by atoms with Gasteiger partial charge >= 0.3 is 0 Å². The van der Waals surface area contributed by atoms with Crippen LogP contribution >= 0.6 is 0 Å². The molecular weight excluding hydrogens is 238 g/mol. The van der Waals surface area contributed by atoms with Crippen LogP contribution in [0.15, 0.2) is 6.20 Å². The lowest BCUT2D eigenvalue weighted by molar-refractivity contribution is 0.580. The second-order valence-corrected chi connectivity index (χ2v) is 6.49. The van der Waals surface area contributed by atoms with E-state index in [1.54, 1.807) is 11.6 Å². The highest BCUT2D eigenvalue weighted by Crippen LogP contribution is 2.05. The Morgan fingerprint density at radius 1 is 1.41 bits per heavy atom. The summed E-state index contributed by atoms with van der Waals surface area (Å²) >= 11 is 0. The molecule has 98 valence electrons. The molecule has 1 aromatic rings. The number of nitrogens with one attached hydrogen (secondary N) is 1. The van der Waals surface area contributed by atoms with Crippen LogP contribution in [0.25, 0.3) is 0 Å². The highest BCUT2D eigenvalue weighted by atomic mass is 32.2. The Labute approximate surface area is 103 Å². The lowest BCUT2D eigenvalue weighted by Gasteiger charge is -2.01. The van der Waals surface area contributed by atoms with Crippen LogP contribution in [0.3, 0.4) is 0 Å². The fourth-order valence-electron chi connectivity index (χ4n) is 1.48. The van der Waals surface area contributed by atoms with Crippen molar-refractivity contribution in [1.29, 1.82) is 0 Å². The fourth-order valence-corrected chi connectivity index (χ4v) is 2.24. The molecule has 5 nitrogen and oxygen atoms in total. The highest BCUT2D eigenvalue weighted by molar-refractivity contribution is 7.91. The van der Waals surface area contributed by atoms with E-state index in [1.165, 1.54) is 0 Å². The normalized spacial score (nSPS) is 11.9. The summed E-state index contributed by atoms with van der Waals surface area (Å²) in [6.45, 7) is 7.78. The quantitative estimate of drug-likeness (QED) is 0.784. The van der Waals surface area contributed by atoms with Crippen LogP contribution in [0.1, 0.15) is 25.1 Å². The van der Waals surface area contributed by atoms with Gasteiger partial charge in [-0.1, -0.05) is 13.8 Å². The Morgan fingerprint density at radius 2 is 2.12 bits per heavy atom. The van der Waals surface area contributed by atoms with E-state index >= 15 is 0 Å². The lowest BCUT2D eigenvalue weighted by Crippen LogP contribution is -2.15. The van der Waals surface area contributed by atoms with E-state index in [9.17, 15) is 8.42 Å². The summed E-state index contributed by atoms with van der Waals surface area (Å²) in [6, 6.07) is 0. The second kappa shape index (κ2) is 6.16. The van der Waals surface area contributed by atoms with E-state index in [-0.39, 0.29) is 11.5 Å². The van der Waals surface area contributed by atoms with Crippen molar-refractivity contribution >= 4 is 9.84 Å². The molecule has 1 rings (SSSR count). The van der Waals surface area contributed by atoms with Crippen LogP contribution in [-0.2, 0) is 22.9 Å². The molecule has 0 unspecified atom stereocenters. The number of hydrogen-bond acceptors (Lipinski definition) is 4. The average molecular weight is 259 g/mol. The summed E-state index contributed by atoms with van der Waals surface area (Å²) in [6.07, 6.45) is 1.92. The van der Waals surface area contributed by atoms with Gasteiger partial charge in [0.25, 0.3) is 0 Å². The van der Waals surface area contributed by atoms with E-state index in [1.807, 2.05) is 20.0 Å². The summed E-state index contributed by atoms with van der Waals surface area (Å²) in [5, 5.41) is 7.54. The average Bonchev–Trinajstić information content (AvgIpc) is 2.65. The third-order valence-corrected chi connectivity index (χ3v) is 4.37. The second-order valence-electron chi connectivity index (χ2n) is 4.02. The molecule has 17 heavy (non-hydrogen) atoms. The van der Waals surface area contributed by atoms with Crippen molar-refractivity contribution < 1.29 is 8.42 Å². The predicted molar refractivity (Wildman–Crippen MR) is 68.7 cm³/mol. The summed E-state index contributed by atoms with van der Waals surface area (Å²) in [5.74, 6) is 0.350. The molecule has 0 aromatic carbocycles. The molecule has 0 spiro atoms. The number of sulfone groups is 1. The first-order chi connectivity index (χ1) is 7.98. The van der Waals surface area contributed by atoms with Crippen molar-refractivity contribution in [3.8, 4) is 0 Å². The van der Waals surface area contributed by atoms with Crippen molar-refractivity contribution in [1.82, 2.24) is 15.1 Å². The summed E-state index contributed by atoms with van der Waals surface area (Å²) < 4.78 is 24.5. The van der Waals surface area contributed by atoms with Gasteiger partial charge in [-0.05, 0) is 13.5 Å². The van der Waals surface area contributed by atoms with E-state index < -0.39 is 9.84 Å². The van der Waals surface area contributed by atoms with Crippen LogP contribution < -0.4 is 5.32 Å². The maximum absolute atomic E-state index is 11.4. The van der Waals surface area contributed by atoms with Gasteiger partial charge in [-0.25, -0.2) is 8.42 Å². The van der Waals surface area contributed by atoms with Crippen molar-refractivity contribution in [2.45, 2.75) is 33.9 Å². The van der Waals surface area contributed by atoms with Gasteiger partial charge in [0.05, 0.1) is 18.0 Å². The minimum absolute atomic E-state index is 0.158. The van der Waals surface area contributed by atoms with Crippen LogP contribution in [0, 0.1) is 6.92 Å². The van der Waals surface area contributed by atoms with Gasteiger partial charge in [0, 0.05) is 24.1 Å². The first kappa shape index (κ1) is 14.2. The van der Waals surface area contributed by atoms with E-state index in [4.69, 9.17) is 0 Å². The minimum Gasteiger partial charge on any atom is -0.313 e. The highest BCUT2D eigenvalue weighted by Gasteiger charge is 2.09. The molecule has 1 heterocycles. The number of rotatable bonds is 7. The van der Waals surface area contributed by atoms with Crippen molar-refractivity contribution in [3.63, 3.8) is 0 Å². The Kier molecular flexibility index (Phi) is 5.14. The molecule has 0 saturated carbocycles. The Bertz CT molecular complexity index is 451. The first-order valence-electron chi connectivity index (χ1n) is 5.92. The zero-order valence-electron chi connectivity index (χ0n) is 10.7. The first-order valence-corrected chi connectivity index (χ1v) is 7.74. The molecule has 1 N–H and O–H groups in total. The topological polar surface area (TPSA) is 64.0 Å². The van der Waals surface area contributed by atoms with Crippen LogP contribution in [0.2, 0.25) is 0 Å². The number of aromatic nitrogens is 2. The zero-order chi connectivity index (χ0) is 12.9. The Balaban J connectivity index is 2.61. The molecule has 0 aliphatic carbocycles. The van der Waals surface area contributed by atoms with Crippen LogP contribution in [0.4, 0.5) is 0 Å². The molecule has 0 bridgehead atoms. The maximum Gasteiger partial charge on any atom is 0.151 e. The molecule has 0 radical (unpaired) electrons. The van der Waals surface area contributed by atoms with Gasteiger partial charge in [-0.2, -0.15) is 5.10 Å². The Hall–Kier alpha value is -0.880. The lowest BCUT2D eigenvalue weighted by atomic mass is 10.2. The summed E-state index contributed by atoms with van der Waals surface area (Å²) in [7, 11) is -2.91. The summed E-state index contributed by atoms with van der Waals surface area (Å²) in [5.41, 5.74) is 2.08. The van der Waals surface area contributed by atoms with Gasteiger partial charge in [0.15, 0.2) is 9.84 Å². The third kappa shape index (κ3) is 4.47. The van der Waals surface area contributed by atoms with Gasteiger partial charge in [-0.3, -0.25) is 4.68 Å². The van der Waals surface area contributed by atoms with E-state index in [2.05, 4.69) is 10.4 Å². The molecule has 0 fully saturated rings. The largest absolute Gasteiger partial charge is 0.313 e. The molecule has 0 amide bonds. The van der Waals surface area contributed by atoms with Crippen LogP contribution in [-0.4, -0.2) is 36.2 Å². The van der Waals surface area contributed by atoms with Crippen molar-refractivity contribution in [3.05, 3.63) is 17.5 Å². The fraction of sp³-hybridized carbons (Fsp3) is 0.727. The molecule has 0 aliphatic rings.